The zero-order valence-corrected chi connectivity index (χ0v) is 31.2. The van der Waals surface area contributed by atoms with E-state index in [0.717, 1.165) is 16.7 Å². The van der Waals surface area contributed by atoms with E-state index in [9.17, 15) is 9.59 Å². The maximum Gasteiger partial charge on any atom is 0.312 e. The average Bonchev–Trinajstić information content (AvgIpc) is 3.14. The van der Waals surface area contributed by atoms with Crippen LogP contribution < -0.4 is 14.8 Å². The monoisotopic (exact) mass is 716 g/mol. The number of rotatable bonds is 20. The Balaban J connectivity index is 1.97. The summed E-state index contributed by atoms with van der Waals surface area (Å²) < 4.78 is 32.2. The van der Waals surface area contributed by atoms with Gasteiger partial charge in [0.25, 0.3) is 8.53 Å². The number of nitrogens with one attached hydrogen (secondary N) is 1. The Hall–Kier alpha value is -4.48. The van der Waals surface area contributed by atoms with Crippen molar-refractivity contribution in [3.05, 3.63) is 95.6 Å². The van der Waals surface area contributed by atoms with Gasteiger partial charge in [0.1, 0.15) is 17.1 Å². The second-order valence-corrected chi connectivity index (χ2v) is 13.4. The quantitative estimate of drug-likeness (QED) is 0.0502. The summed E-state index contributed by atoms with van der Waals surface area (Å²) in [7, 11) is 1.67. The van der Waals surface area contributed by atoms with Crippen LogP contribution in [0.15, 0.2) is 78.9 Å². The minimum absolute atomic E-state index is 0.0403. The van der Waals surface area contributed by atoms with Crippen LogP contribution in [0.25, 0.3) is 0 Å². The second-order valence-electron chi connectivity index (χ2n) is 11.9. The maximum absolute atomic E-state index is 13.5. The molecule has 1 atom stereocenters. The van der Waals surface area contributed by atoms with Gasteiger partial charge in [-0.3, -0.25) is 9.59 Å². The molecule has 0 saturated heterocycles. The summed E-state index contributed by atoms with van der Waals surface area (Å²) in [6.45, 7) is 8.52. The number of hydrogen-bond donors (Lipinski definition) is 1. The molecule has 0 bridgehead atoms. The molecule has 0 aliphatic heterocycles. The lowest BCUT2D eigenvalue weighted by molar-refractivity contribution is -0.146. The standard InChI is InChI=1S/C39H49N4O7P/c1-8-24-41-37(44)38(45)42(26-29-50-51(49-27-12-23-40)43(30(2)3)31(4)5)25-28-48-39(32-13-10-9-11-14-32,33-15-19-35(46-6)20-16-33)34-17-21-36(47-7)22-18-34/h1,9-11,13-22,30-31H,12,24-29H2,2-7H3,(H,41,44). The zero-order valence-electron chi connectivity index (χ0n) is 30.3. The van der Waals surface area contributed by atoms with Crippen LogP contribution in [-0.4, -0.2) is 87.1 Å². The number of carbonyl (C=O) groups is 2. The van der Waals surface area contributed by atoms with Crippen molar-refractivity contribution in [3.8, 4) is 29.9 Å². The molecule has 0 saturated carbocycles. The predicted molar refractivity (Wildman–Crippen MR) is 198 cm³/mol. The van der Waals surface area contributed by atoms with Gasteiger partial charge in [-0.25, -0.2) is 4.67 Å². The molecule has 3 aromatic carbocycles. The summed E-state index contributed by atoms with van der Waals surface area (Å²) in [5.74, 6) is 2.11. The molecule has 0 fully saturated rings. The minimum atomic E-state index is -1.55. The fourth-order valence-electron chi connectivity index (χ4n) is 5.59. The first kappa shape index (κ1) is 40.9. The van der Waals surface area contributed by atoms with Crippen LogP contribution >= 0.6 is 8.53 Å². The van der Waals surface area contributed by atoms with Crippen molar-refractivity contribution in [1.82, 2.24) is 14.9 Å². The first-order chi connectivity index (χ1) is 24.6. The lowest BCUT2D eigenvalue weighted by Crippen LogP contribution is -2.46. The predicted octanol–water partition coefficient (Wildman–Crippen LogP) is 5.88. The van der Waals surface area contributed by atoms with Crippen molar-refractivity contribution in [2.24, 2.45) is 0 Å². The molecule has 0 aromatic heterocycles. The Bertz CT molecular complexity index is 1530. The Labute approximate surface area is 303 Å². The summed E-state index contributed by atoms with van der Waals surface area (Å²) in [4.78, 5) is 27.8. The van der Waals surface area contributed by atoms with Crippen LogP contribution in [-0.2, 0) is 29.0 Å². The molecule has 0 radical (unpaired) electrons. The lowest BCUT2D eigenvalue weighted by Gasteiger charge is -2.37. The van der Waals surface area contributed by atoms with Crippen LogP contribution in [0.5, 0.6) is 11.5 Å². The third-order valence-electron chi connectivity index (χ3n) is 7.91. The van der Waals surface area contributed by atoms with Gasteiger partial charge in [-0.1, -0.05) is 60.5 Å². The maximum atomic E-state index is 13.5. The van der Waals surface area contributed by atoms with Crippen molar-refractivity contribution in [3.63, 3.8) is 0 Å². The zero-order chi connectivity index (χ0) is 37.2. The Morgan fingerprint density at radius 3 is 1.80 bits per heavy atom. The molecule has 12 heteroatoms. The van der Waals surface area contributed by atoms with E-state index < -0.39 is 25.9 Å². The average molecular weight is 717 g/mol. The van der Waals surface area contributed by atoms with Gasteiger partial charge < -0.3 is 33.5 Å². The van der Waals surface area contributed by atoms with E-state index in [1.807, 2.05) is 107 Å². The molecule has 272 valence electrons. The van der Waals surface area contributed by atoms with Gasteiger partial charge in [0.05, 0.1) is 53.1 Å². The molecule has 3 aromatic rings. The SMILES string of the molecule is C#CCNC(=O)C(=O)N(CCOP(OCCC#N)N(C(C)C)C(C)C)CCOC(c1ccccc1)(c1ccc(OC)cc1)c1ccc(OC)cc1. The first-order valence-electron chi connectivity index (χ1n) is 16.8. The Morgan fingerprint density at radius 2 is 1.31 bits per heavy atom. The summed E-state index contributed by atoms with van der Waals surface area (Å²) in [6.07, 6.45) is 5.56. The fraction of sp³-hybridized carbons (Fsp3) is 0.410. The second kappa shape index (κ2) is 21.0. The van der Waals surface area contributed by atoms with Crippen LogP contribution in [0, 0.1) is 23.7 Å². The fourth-order valence-corrected chi connectivity index (χ4v) is 7.17. The number of methoxy groups -OCH3 is 2. The number of benzene rings is 3. The van der Waals surface area contributed by atoms with Gasteiger partial charge in [0.15, 0.2) is 0 Å². The highest BCUT2D eigenvalue weighted by molar-refractivity contribution is 7.44. The minimum Gasteiger partial charge on any atom is -0.497 e. The van der Waals surface area contributed by atoms with Gasteiger partial charge in [0.2, 0.25) is 0 Å². The number of amides is 2. The molecule has 11 nitrogen and oxygen atoms in total. The summed E-state index contributed by atoms with van der Waals surface area (Å²) in [6, 6.07) is 27.4. The molecule has 0 aliphatic rings. The summed E-state index contributed by atoms with van der Waals surface area (Å²) in [5, 5.41) is 11.5. The molecule has 1 unspecified atom stereocenters. The highest BCUT2D eigenvalue weighted by Crippen LogP contribution is 2.46. The topological polar surface area (TPSA) is 123 Å². The van der Waals surface area contributed by atoms with Gasteiger partial charge in [-0.2, -0.15) is 5.26 Å². The third kappa shape index (κ3) is 11.3. The van der Waals surface area contributed by atoms with Crippen LogP contribution in [0.2, 0.25) is 0 Å². The lowest BCUT2D eigenvalue weighted by atomic mass is 9.80. The van der Waals surface area contributed by atoms with Crippen molar-refractivity contribution >= 4 is 20.3 Å². The first-order valence-corrected chi connectivity index (χ1v) is 18.0. The number of hydrogen-bond acceptors (Lipinski definition) is 9. The van der Waals surface area contributed by atoms with E-state index in [-0.39, 0.29) is 58.0 Å². The molecule has 2 amide bonds. The van der Waals surface area contributed by atoms with E-state index in [1.54, 1.807) is 14.2 Å². The highest BCUT2D eigenvalue weighted by Gasteiger charge is 2.38. The molecule has 3 rings (SSSR count). The molecule has 0 heterocycles. The summed E-state index contributed by atoms with van der Waals surface area (Å²) >= 11 is 0. The van der Waals surface area contributed by atoms with E-state index in [1.165, 1.54) is 4.90 Å². The number of terminal acetylenes is 1. The Kier molecular flexibility index (Phi) is 16.9. The van der Waals surface area contributed by atoms with Crippen molar-refractivity contribution in [1.29, 1.82) is 5.26 Å². The van der Waals surface area contributed by atoms with Crippen LogP contribution in [0.3, 0.4) is 0 Å². The molecule has 0 aliphatic carbocycles. The largest absolute Gasteiger partial charge is 0.497 e. The van der Waals surface area contributed by atoms with Crippen molar-refractivity contribution in [2.75, 3.05) is 53.7 Å². The smallest absolute Gasteiger partial charge is 0.312 e. The normalized spacial score (nSPS) is 11.9. The summed E-state index contributed by atoms with van der Waals surface area (Å²) in [5.41, 5.74) is 1.40. The molecule has 51 heavy (non-hydrogen) atoms. The number of carbonyl (C=O) groups excluding carboxylic acids is 2. The van der Waals surface area contributed by atoms with E-state index in [2.05, 4.69) is 22.0 Å². The van der Waals surface area contributed by atoms with Gasteiger partial charge in [-0.15, -0.1) is 6.42 Å². The van der Waals surface area contributed by atoms with Gasteiger partial charge in [0, 0.05) is 25.2 Å². The molecular weight excluding hydrogens is 667 g/mol. The van der Waals surface area contributed by atoms with E-state index in [0.29, 0.717) is 11.5 Å². The van der Waals surface area contributed by atoms with E-state index >= 15 is 0 Å². The third-order valence-corrected chi connectivity index (χ3v) is 10.0. The van der Waals surface area contributed by atoms with Crippen molar-refractivity contribution in [2.45, 2.75) is 51.8 Å². The van der Waals surface area contributed by atoms with E-state index in [4.69, 9.17) is 34.9 Å². The molecular formula is C39H49N4O7P. The number of nitrogens with zero attached hydrogens (tertiary/aromatic N) is 3. The highest BCUT2D eigenvalue weighted by atomic mass is 31.2. The van der Waals surface area contributed by atoms with Crippen LogP contribution in [0.4, 0.5) is 0 Å². The Morgan fingerprint density at radius 1 is 0.804 bits per heavy atom. The van der Waals surface area contributed by atoms with Crippen molar-refractivity contribution < 1.29 is 32.8 Å². The molecule has 1 N–H and O–H groups in total. The molecule has 0 spiro atoms. The number of ether oxygens (including phenoxy) is 3. The number of nitriles is 1. The van der Waals surface area contributed by atoms with Gasteiger partial charge >= 0.3 is 11.8 Å². The van der Waals surface area contributed by atoms with Crippen LogP contribution in [0.1, 0.15) is 50.8 Å². The van der Waals surface area contributed by atoms with Gasteiger partial charge in [-0.05, 0) is 68.7 Å².